The Kier molecular flexibility index (Phi) is 3.65. The van der Waals surface area contributed by atoms with Gasteiger partial charge in [0.2, 0.25) is 0 Å². The summed E-state index contributed by atoms with van der Waals surface area (Å²) in [5.41, 5.74) is 0. The molecule has 2 rings (SSSR count). The molecule has 0 unspecified atom stereocenters. The summed E-state index contributed by atoms with van der Waals surface area (Å²) in [6.45, 7) is 6.48. The normalized spacial score (nSPS) is 19.6. The number of hydrogen-bond donors (Lipinski definition) is 0. The average Bonchev–Trinajstić information content (AvgIpc) is 2.63. The van der Waals surface area contributed by atoms with E-state index in [-0.39, 0.29) is 0 Å². The van der Waals surface area contributed by atoms with Gasteiger partial charge < -0.3 is 9.47 Å². The SMILES string of the molecule is Cc1nccn1CCN1CCC(Cl)CC1. The predicted octanol–water partition coefficient (Wildman–Crippen LogP) is 1.89. The van der Waals surface area contributed by atoms with E-state index in [0.29, 0.717) is 5.38 Å². The van der Waals surface area contributed by atoms with Gasteiger partial charge in [-0.3, -0.25) is 0 Å². The Labute approximate surface area is 96.0 Å². The maximum atomic E-state index is 6.07. The highest BCUT2D eigenvalue weighted by molar-refractivity contribution is 6.20. The van der Waals surface area contributed by atoms with E-state index < -0.39 is 0 Å². The summed E-state index contributed by atoms with van der Waals surface area (Å²) in [5, 5.41) is 0.399. The maximum absolute atomic E-state index is 6.07. The summed E-state index contributed by atoms with van der Waals surface area (Å²) in [4.78, 5) is 6.70. The van der Waals surface area contributed by atoms with Crippen molar-refractivity contribution in [2.24, 2.45) is 0 Å². The minimum Gasteiger partial charge on any atom is -0.334 e. The molecule has 84 valence electrons. The molecule has 0 radical (unpaired) electrons. The van der Waals surface area contributed by atoms with Crippen LogP contribution >= 0.6 is 11.6 Å². The number of likely N-dealkylation sites (tertiary alicyclic amines) is 1. The van der Waals surface area contributed by atoms with Crippen LogP contribution in [0.5, 0.6) is 0 Å². The van der Waals surface area contributed by atoms with Gasteiger partial charge in [-0.2, -0.15) is 0 Å². The molecule has 0 atom stereocenters. The number of aryl methyl sites for hydroxylation is 1. The van der Waals surface area contributed by atoms with E-state index in [1.807, 2.05) is 19.3 Å². The Morgan fingerprint density at radius 1 is 1.40 bits per heavy atom. The monoisotopic (exact) mass is 227 g/mol. The first-order valence-corrected chi connectivity index (χ1v) is 6.03. The molecule has 15 heavy (non-hydrogen) atoms. The highest BCUT2D eigenvalue weighted by Crippen LogP contribution is 2.15. The van der Waals surface area contributed by atoms with E-state index in [1.165, 1.54) is 0 Å². The molecule has 1 fully saturated rings. The second-order valence-electron chi connectivity index (χ2n) is 4.18. The molecule has 0 amide bonds. The number of halogens is 1. The molecule has 0 spiro atoms. The van der Waals surface area contributed by atoms with Gasteiger partial charge in [0.05, 0.1) is 0 Å². The molecule has 1 aliphatic heterocycles. The first kappa shape index (κ1) is 11.0. The van der Waals surface area contributed by atoms with E-state index in [0.717, 1.165) is 44.8 Å². The molecule has 3 nitrogen and oxygen atoms in total. The Morgan fingerprint density at radius 3 is 2.73 bits per heavy atom. The lowest BCUT2D eigenvalue weighted by Crippen LogP contribution is -2.36. The van der Waals surface area contributed by atoms with Crippen LogP contribution in [0.15, 0.2) is 12.4 Å². The lowest BCUT2D eigenvalue weighted by atomic mass is 10.1. The summed E-state index contributed by atoms with van der Waals surface area (Å²) in [6.07, 6.45) is 6.17. The zero-order valence-electron chi connectivity index (χ0n) is 9.19. The number of aromatic nitrogens is 2. The second-order valence-corrected chi connectivity index (χ2v) is 4.80. The van der Waals surface area contributed by atoms with E-state index in [1.54, 1.807) is 0 Å². The van der Waals surface area contributed by atoms with Crippen molar-refractivity contribution in [1.29, 1.82) is 0 Å². The highest BCUT2D eigenvalue weighted by atomic mass is 35.5. The fourth-order valence-electron chi connectivity index (χ4n) is 2.01. The third-order valence-electron chi connectivity index (χ3n) is 3.10. The molecule has 2 heterocycles. The first-order chi connectivity index (χ1) is 7.25. The van der Waals surface area contributed by atoms with Crippen molar-refractivity contribution in [3.8, 4) is 0 Å². The molecule has 0 aromatic carbocycles. The molecule has 1 aliphatic rings. The van der Waals surface area contributed by atoms with Gasteiger partial charge in [0.15, 0.2) is 0 Å². The van der Waals surface area contributed by atoms with Crippen LogP contribution in [-0.4, -0.2) is 39.5 Å². The van der Waals surface area contributed by atoms with E-state index in [9.17, 15) is 0 Å². The molecule has 1 aromatic heterocycles. The average molecular weight is 228 g/mol. The van der Waals surface area contributed by atoms with Crippen LogP contribution in [0.4, 0.5) is 0 Å². The smallest absolute Gasteiger partial charge is 0.105 e. The van der Waals surface area contributed by atoms with Crippen LogP contribution in [-0.2, 0) is 6.54 Å². The first-order valence-electron chi connectivity index (χ1n) is 5.60. The summed E-state index contributed by atoms with van der Waals surface area (Å²) in [5.74, 6) is 1.10. The minimum absolute atomic E-state index is 0.399. The van der Waals surface area contributed by atoms with Crippen LogP contribution in [0.2, 0.25) is 0 Å². The number of alkyl halides is 1. The quantitative estimate of drug-likeness (QED) is 0.736. The molecule has 1 aromatic rings. The van der Waals surface area contributed by atoms with Crippen molar-refractivity contribution >= 4 is 11.6 Å². The Hall–Kier alpha value is -0.540. The number of nitrogens with zero attached hydrogens (tertiary/aromatic N) is 3. The summed E-state index contributed by atoms with van der Waals surface area (Å²) in [7, 11) is 0. The molecular weight excluding hydrogens is 210 g/mol. The van der Waals surface area contributed by atoms with Crippen LogP contribution in [0.1, 0.15) is 18.7 Å². The molecule has 1 saturated heterocycles. The highest BCUT2D eigenvalue weighted by Gasteiger charge is 2.16. The van der Waals surface area contributed by atoms with Crippen molar-refractivity contribution in [3.63, 3.8) is 0 Å². The fourth-order valence-corrected chi connectivity index (χ4v) is 2.21. The van der Waals surface area contributed by atoms with E-state index in [4.69, 9.17) is 11.6 Å². The maximum Gasteiger partial charge on any atom is 0.105 e. The van der Waals surface area contributed by atoms with Crippen LogP contribution < -0.4 is 0 Å². The molecule has 0 aliphatic carbocycles. The Morgan fingerprint density at radius 2 is 2.13 bits per heavy atom. The van der Waals surface area contributed by atoms with Gasteiger partial charge in [-0.1, -0.05) is 0 Å². The number of rotatable bonds is 3. The summed E-state index contributed by atoms with van der Waals surface area (Å²) in [6, 6.07) is 0. The van der Waals surface area contributed by atoms with Gasteiger partial charge >= 0.3 is 0 Å². The number of imidazole rings is 1. The minimum atomic E-state index is 0.399. The molecule has 0 saturated carbocycles. The standard InChI is InChI=1S/C11H18ClN3/c1-10-13-4-7-15(10)9-8-14-5-2-11(12)3-6-14/h4,7,11H,2-3,5-6,8-9H2,1H3. The third-order valence-corrected chi connectivity index (χ3v) is 3.53. The van der Waals surface area contributed by atoms with Gasteiger partial charge in [0.1, 0.15) is 5.82 Å². The summed E-state index contributed by atoms with van der Waals surface area (Å²) < 4.78 is 2.20. The van der Waals surface area contributed by atoms with Crippen molar-refractivity contribution < 1.29 is 0 Å². The van der Waals surface area contributed by atoms with Crippen molar-refractivity contribution in [3.05, 3.63) is 18.2 Å². The van der Waals surface area contributed by atoms with Gasteiger partial charge in [0, 0.05) is 30.9 Å². The fraction of sp³-hybridized carbons (Fsp3) is 0.727. The molecule has 0 bridgehead atoms. The van der Waals surface area contributed by atoms with Gasteiger partial charge in [-0.15, -0.1) is 11.6 Å². The van der Waals surface area contributed by atoms with E-state index >= 15 is 0 Å². The second kappa shape index (κ2) is 4.99. The van der Waals surface area contributed by atoms with Gasteiger partial charge in [0.25, 0.3) is 0 Å². The van der Waals surface area contributed by atoms with Gasteiger partial charge in [-0.25, -0.2) is 4.98 Å². The van der Waals surface area contributed by atoms with Crippen LogP contribution in [0.25, 0.3) is 0 Å². The lowest BCUT2D eigenvalue weighted by molar-refractivity contribution is 0.222. The van der Waals surface area contributed by atoms with Crippen molar-refractivity contribution in [2.45, 2.75) is 31.7 Å². The number of hydrogen-bond acceptors (Lipinski definition) is 2. The van der Waals surface area contributed by atoms with E-state index in [2.05, 4.69) is 14.5 Å². The largest absolute Gasteiger partial charge is 0.334 e. The molecule has 0 N–H and O–H groups in total. The topological polar surface area (TPSA) is 21.1 Å². The van der Waals surface area contributed by atoms with Crippen LogP contribution in [0, 0.1) is 6.92 Å². The van der Waals surface area contributed by atoms with Gasteiger partial charge in [-0.05, 0) is 32.9 Å². The Bertz CT molecular complexity index is 303. The van der Waals surface area contributed by atoms with Crippen molar-refractivity contribution in [2.75, 3.05) is 19.6 Å². The number of piperidine rings is 1. The van der Waals surface area contributed by atoms with Crippen molar-refractivity contribution in [1.82, 2.24) is 14.5 Å². The Balaban J connectivity index is 1.77. The predicted molar refractivity (Wildman–Crippen MR) is 62.3 cm³/mol. The zero-order valence-corrected chi connectivity index (χ0v) is 9.95. The molecule has 4 heteroatoms. The lowest BCUT2D eigenvalue weighted by Gasteiger charge is -2.29. The third kappa shape index (κ3) is 2.95. The van der Waals surface area contributed by atoms with Crippen LogP contribution in [0.3, 0.4) is 0 Å². The zero-order chi connectivity index (χ0) is 10.7. The molecular formula is C11H18ClN3. The summed E-state index contributed by atoms with van der Waals surface area (Å²) >= 11 is 6.07.